The predicted molar refractivity (Wildman–Crippen MR) is 107 cm³/mol. The smallest absolute Gasteiger partial charge is 0.263 e. The molecule has 1 fully saturated rings. The zero-order valence-electron chi connectivity index (χ0n) is 15.5. The van der Waals surface area contributed by atoms with Crippen molar-refractivity contribution >= 4 is 44.5 Å². The topological polar surface area (TPSA) is 107 Å². The zero-order valence-corrected chi connectivity index (χ0v) is 17.2. The van der Waals surface area contributed by atoms with Crippen LogP contribution in [0.3, 0.4) is 0 Å². The molecule has 4 rings (SSSR count). The van der Waals surface area contributed by atoms with Crippen molar-refractivity contribution in [3.05, 3.63) is 46.0 Å². The van der Waals surface area contributed by atoms with Crippen LogP contribution in [0.2, 0.25) is 0 Å². The van der Waals surface area contributed by atoms with Gasteiger partial charge >= 0.3 is 0 Å². The Morgan fingerprint density at radius 1 is 1.34 bits per heavy atom. The molecule has 1 saturated heterocycles. The number of anilines is 1. The summed E-state index contributed by atoms with van der Waals surface area (Å²) < 4.78 is 40.7. The molecule has 1 aliphatic rings. The summed E-state index contributed by atoms with van der Waals surface area (Å²) in [5.41, 5.74) is 8.18. The molecule has 2 aromatic heterocycles. The quantitative estimate of drug-likeness (QED) is 0.607. The van der Waals surface area contributed by atoms with E-state index in [2.05, 4.69) is 15.5 Å². The number of nitrogens with two attached hydrogens (primary N) is 1. The normalized spacial score (nSPS) is 16.0. The number of benzene rings is 1. The number of amides is 1. The fourth-order valence-electron chi connectivity index (χ4n) is 3.08. The van der Waals surface area contributed by atoms with E-state index in [-0.39, 0.29) is 29.9 Å². The number of carbonyl (C=O) groups excluding carboxylic acids is 1. The first-order valence-corrected chi connectivity index (χ1v) is 10.6. The molecule has 7 nitrogen and oxygen atoms in total. The van der Waals surface area contributed by atoms with Gasteiger partial charge in [0.25, 0.3) is 5.91 Å². The van der Waals surface area contributed by atoms with Gasteiger partial charge in [-0.05, 0) is 25.5 Å². The second-order valence-electron chi connectivity index (χ2n) is 6.78. The van der Waals surface area contributed by atoms with Gasteiger partial charge in [-0.2, -0.15) is 5.10 Å². The predicted octanol–water partition coefficient (Wildman–Crippen LogP) is 2.31. The summed E-state index contributed by atoms with van der Waals surface area (Å²) in [4.78, 5) is 13.5. The van der Waals surface area contributed by atoms with Gasteiger partial charge in [0.2, 0.25) is 4.90 Å². The van der Waals surface area contributed by atoms with Gasteiger partial charge in [-0.1, -0.05) is 0 Å². The summed E-state index contributed by atoms with van der Waals surface area (Å²) in [6.07, 6.45) is 0. The second kappa shape index (κ2) is 7.48. The number of hydrogen-bond donors (Lipinski definition) is 2. The van der Waals surface area contributed by atoms with Crippen LogP contribution in [-0.2, 0) is 11.4 Å². The van der Waals surface area contributed by atoms with Gasteiger partial charge in [0.05, 0.1) is 41.9 Å². The van der Waals surface area contributed by atoms with E-state index in [1.807, 2.05) is 13.8 Å². The Morgan fingerprint density at radius 2 is 2.07 bits per heavy atom. The van der Waals surface area contributed by atoms with Crippen LogP contribution < -0.4 is 11.1 Å². The van der Waals surface area contributed by atoms with Crippen molar-refractivity contribution in [1.82, 2.24) is 19.8 Å². The Hall–Kier alpha value is -2.34. The molecule has 3 aromatic rings. The maximum atomic E-state index is 13.8. The molecule has 3 N–H and O–H groups in total. The van der Waals surface area contributed by atoms with Gasteiger partial charge in [0.1, 0.15) is 15.5 Å². The maximum absolute atomic E-state index is 13.8. The largest absolute Gasteiger partial charge is 0.593 e. The first-order chi connectivity index (χ1) is 13.8. The van der Waals surface area contributed by atoms with Crippen molar-refractivity contribution in [1.29, 1.82) is 0 Å². The highest BCUT2D eigenvalue weighted by Gasteiger charge is 2.39. The molecule has 1 amide bonds. The number of nitrogens with zero attached hydrogens (tertiary/aromatic N) is 3. The van der Waals surface area contributed by atoms with Crippen molar-refractivity contribution in [2.24, 2.45) is 0 Å². The molecule has 1 unspecified atom stereocenters. The summed E-state index contributed by atoms with van der Waals surface area (Å²) in [5, 5.41) is 11.7. The number of aromatic nitrogens is 2. The average Bonchev–Trinajstić information content (AvgIpc) is 2.97. The molecule has 0 aliphatic carbocycles. The lowest BCUT2D eigenvalue weighted by Gasteiger charge is -2.38. The van der Waals surface area contributed by atoms with E-state index >= 15 is 0 Å². The van der Waals surface area contributed by atoms with Crippen molar-refractivity contribution in [3.63, 3.8) is 0 Å². The number of nitrogen functional groups attached to an aromatic ring is 1. The monoisotopic (exact) mass is 437 g/mol. The van der Waals surface area contributed by atoms with Crippen molar-refractivity contribution in [2.45, 2.75) is 24.8 Å². The number of carbonyl (C=O) groups is 1. The molecule has 29 heavy (non-hydrogen) atoms. The Labute approximate surface area is 172 Å². The van der Waals surface area contributed by atoms with Gasteiger partial charge in [-0.25, -0.2) is 8.78 Å². The van der Waals surface area contributed by atoms with Crippen LogP contribution in [0.1, 0.15) is 20.9 Å². The summed E-state index contributed by atoms with van der Waals surface area (Å²) in [5.74, 6) is -1.93. The fraction of sp³-hybridized carbons (Fsp3) is 0.278. The lowest BCUT2D eigenvalue weighted by atomic mass is 10.1. The Balaban J connectivity index is 1.43. The Bertz CT molecular complexity index is 1120. The van der Waals surface area contributed by atoms with E-state index in [1.54, 1.807) is 0 Å². The van der Waals surface area contributed by atoms with Crippen LogP contribution in [0.4, 0.5) is 14.5 Å². The second-order valence-corrected chi connectivity index (χ2v) is 9.23. The van der Waals surface area contributed by atoms with E-state index < -0.39 is 23.0 Å². The fourth-order valence-corrected chi connectivity index (χ4v) is 5.40. The summed E-state index contributed by atoms with van der Waals surface area (Å²) >= 11 is -0.594. The minimum Gasteiger partial charge on any atom is -0.593 e. The number of fused-ring (bicyclic) bond motifs is 1. The molecule has 0 bridgehead atoms. The summed E-state index contributed by atoms with van der Waals surface area (Å²) in [6, 6.07) is 2.67. The SMILES string of the molecule is Cc1nnc2sc(C(=O)NC3CN([S+]([O-])c4ccc(F)cc4F)C3)c(N)c2c1C. The molecular formula is C18H17F2N5O2S2. The van der Waals surface area contributed by atoms with Crippen LogP contribution in [0.25, 0.3) is 10.2 Å². The number of rotatable bonds is 4. The average molecular weight is 437 g/mol. The van der Waals surface area contributed by atoms with Crippen LogP contribution in [0.15, 0.2) is 23.1 Å². The zero-order chi connectivity index (χ0) is 20.9. The molecule has 1 aliphatic heterocycles. The lowest BCUT2D eigenvalue weighted by Crippen LogP contribution is -2.60. The van der Waals surface area contributed by atoms with Gasteiger partial charge in [0, 0.05) is 17.5 Å². The van der Waals surface area contributed by atoms with Crippen LogP contribution in [-0.4, -0.2) is 44.1 Å². The molecule has 0 spiro atoms. The molecule has 3 heterocycles. The van der Waals surface area contributed by atoms with E-state index in [0.717, 1.165) is 28.8 Å². The number of hydrogen-bond acceptors (Lipinski definition) is 7. The van der Waals surface area contributed by atoms with Gasteiger partial charge < -0.3 is 15.6 Å². The van der Waals surface area contributed by atoms with Gasteiger partial charge in [-0.15, -0.1) is 20.7 Å². The number of nitrogens with one attached hydrogen (secondary N) is 1. The van der Waals surface area contributed by atoms with Gasteiger partial charge in [0.15, 0.2) is 5.82 Å². The minimum atomic E-state index is -1.76. The third-order valence-corrected chi connectivity index (χ3v) is 7.40. The molecular weight excluding hydrogens is 420 g/mol. The maximum Gasteiger partial charge on any atom is 0.263 e. The highest BCUT2D eigenvalue weighted by molar-refractivity contribution is 7.89. The third kappa shape index (κ3) is 3.54. The first kappa shape index (κ1) is 20.0. The Kier molecular flexibility index (Phi) is 5.15. The van der Waals surface area contributed by atoms with Crippen LogP contribution in [0.5, 0.6) is 0 Å². The van der Waals surface area contributed by atoms with E-state index in [0.29, 0.717) is 21.5 Å². The van der Waals surface area contributed by atoms with E-state index in [1.165, 1.54) is 15.6 Å². The van der Waals surface area contributed by atoms with Crippen molar-refractivity contribution in [3.8, 4) is 0 Å². The summed E-state index contributed by atoms with van der Waals surface area (Å²) in [7, 11) is 0. The number of thiophene rings is 1. The highest BCUT2D eigenvalue weighted by atomic mass is 32.2. The third-order valence-electron chi connectivity index (χ3n) is 4.84. The van der Waals surface area contributed by atoms with E-state index in [4.69, 9.17) is 5.73 Å². The molecule has 152 valence electrons. The van der Waals surface area contributed by atoms with Crippen molar-refractivity contribution in [2.75, 3.05) is 18.8 Å². The molecule has 11 heteroatoms. The molecule has 0 radical (unpaired) electrons. The van der Waals surface area contributed by atoms with E-state index in [9.17, 15) is 18.1 Å². The molecule has 0 saturated carbocycles. The number of halogens is 2. The minimum absolute atomic E-state index is 0.0886. The Morgan fingerprint density at radius 3 is 2.76 bits per heavy atom. The standard InChI is InChI=1S/C18H17F2N5O2S2/c1-8-9(2)23-24-18-14(8)15(21)16(28-18)17(26)22-11-6-25(7-11)29(27)13-4-3-10(19)5-12(13)20/h3-5,11H,6-7,21H2,1-2H3,(H,22,26). The summed E-state index contributed by atoms with van der Waals surface area (Å²) in [6.45, 7) is 4.26. The molecule has 1 aromatic carbocycles. The van der Waals surface area contributed by atoms with Crippen LogP contribution in [0, 0.1) is 25.5 Å². The van der Waals surface area contributed by atoms with Crippen LogP contribution >= 0.6 is 11.3 Å². The number of aryl methyl sites for hydroxylation is 2. The highest BCUT2D eigenvalue weighted by Crippen LogP contribution is 2.35. The molecule has 1 atom stereocenters. The van der Waals surface area contributed by atoms with Gasteiger partial charge in [-0.3, -0.25) is 4.79 Å². The lowest BCUT2D eigenvalue weighted by molar-refractivity contribution is 0.0900. The first-order valence-electron chi connectivity index (χ1n) is 8.71. The van der Waals surface area contributed by atoms with Crippen molar-refractivity contribution < 1.29 is 18.1 Å².